The lowest BCUT2D eigenvalue weighted by atomic mass is 10.1. The number of nitrogens with two attached hydrogens (primary N) is 1. The standard InChI is InChI=1S/C8H13BrN2O3/c1-2-13-8(12)6(10)3-5-4-7(9)11-14-5/h5-6H,2-4,10H2,1H3/t5?,6-/m1/s1. The molecule has 80 valence electrons. The number of esters is 1. The summed E-state index contributed by atoms with van der Waals surface area (Å²) in [6, 6.07) is -0.631. The van der Waals surface area contributed by atoms with Gasteiger partial charge in [-0.3, -0.25) is 4.79 Å². The van der Waals surface area contributed by atoms with Crippen LogP contribution in [0.25, 0.3) is 0 Å². The predicted octanol–water partition coefficient (Wildman–Crippen LogP) is 0.764. The molecule has 5 nitrogen and oxygen atoms in total. The van der Waals surface area contributed by atoms with Gasteiger partial charge in [0, 0.05) is 12.8 Å². The SMILES string of the molecule is CCOC(=O)[C@H](N)CC1CC(Br)=NO1. The monoisotopic (exact) mass is 264 g/mol. The van der Waals surface area contributed by atoms with Crippen LogP contribution in [0.3, 0.4) is 0 Å². The summed E-state index contributed by atoms with van der Waals surface area (Å²) >= 11 is 3.20. The summed E-state index contributed by atoms with van der Waals surface area (Å²) in [4.78, 5) is 16.2. The largest absolute Gasteiger partial charge is 0.465 e. The fourth-order valence-corrected chi connectivity index (χ4v) is 1.59. The first-order chi connectivity index (χ1) is 6.63. The lowest BCUT2D eigenvalue weighted by Gasteiger charge is -2.13. The van der Waals surface area contributed by atoms with Crippen molar-refractivity contribution in [2.45, 2.75) is 31.9 Å². The molecule has 1 unspecified atom stereocenters. The Morgan fingerprint density at radius 3 is 3.14 bits per heavy atom. The van der Waals surface area contributed by atoms with E-state index < -0.39 is 6.04 Å². The van der Waals surface area contributed by atoms with Crippen molar-refractivity contribution in [2.24, 2.45) is 10.9 Å². The van der Waals surface area contributed by atoms with Crippen LogP contribution in [0.4, 0.5) is 0 Å². The van der Waals surface area contributed by atoms with Crippen molar-refractivity contribution >= 4 is 26.5 Å². The third-order valence-corrected chi connectivity index (χ3v) is 2.27. The Morgan fingerprint density at radius 1 is 1.93 bits per heavy atom. The highest BCUT2D eigenvalue weighted by molar-refractivity contribution is 9.18. The Labute approximate surface area is 90.7 Å². The lowest BCUT2D eigenvalue weighted by molar-refractivity contribution is -0.145. The molecule has 2 N–H and O–H groups in total. The molecule has 0 amide bonds. The summed E-state index contributed by atoms with van der Waals surface area (Å²) in [6.07, 6.45) is 0.966. The Kier molecular flexibility index (Phi) is 4.34. The molecular formula is C8H13BrN2O3. The normalized spacial score (nSPS) is 22.5. The Morgan fingerprint density at radius 2 is 2.64 bits per heavy atom. The number of hydrogen-bond donors (Lipinski definition) is 1. The minimum Gasteiger partial charge on any atom is -0.465 e. The first-order valence-electron chi connectivity index (χ1n) is 4.44. The van der Waals surface area contributed by atoms with E-state index >= 15 is 0 Å². The summed E-state index contributed by atoms with van der Waals surface area (Å²) in [6.45, 7) is 2.09. The topological polar surface area (TPSA) is 73.9 Å². The van der Waals surface area contributed by atoms with Gasteiger partial charge in [0.2, 0.25) is 0 Å². The van der Waals surface area contributed by atoms with Gasteiger partial charge >= 0.3 is 5.97 Å². The summed E-state index contributed by atoms with van der Waals surface area (Å²) in [5.41, 5.74) is 5.61. The summed E-state index contributed by atoms with van der Waals surface area (Å²) in [7, 11) is 0. The van der Waals surface area contributed by atoms with Crippen molar-refractivity contribution < 1.29 is 14.4 Å². The minimum atomic E-state index is -0.631. The van der Waals surface area contributed by atoms with Crippen molar-refractivity contribution in [1.29, 1.82) is 0 Å². The lowest BCUT2D eigenvalue weighted by Crippen LogP contribution is -2.35. The number of carbonyl (C=O) groups is 1. The van der Waals surface area contributed by atoms with E-state index in [1.54, 1.807) is 6.92 Å². The fraction of sp³-hybridized carbons (Fsp3) is 0.750. The highest BCUT2D eigenvalue weighted by Gasteiger charge is 2.25. The number of hydrogen-bond acceptors (Lipinski definition) is 5. The molecule has 0 aromatic carbocycles. The van der Waals surface area contributed by atoms with Crippen molar-refractivity contribution in [3.05, 3.63) is 0 Å². The van der Waals surface area contributed by atoms with E-state index in [-0.39, 0.29) is 12.1 Å². The second-order valence-corrected chi connectivity index (χ2v) is 3.91. The van der Waals surface area contributed by atoms with E-state index in [0.29, 0.717) is 19.4 Å². The van der Waals surface area contributed by atoms with Crippen LogP contribution < -0.4 is 5.73 Å². The number of halogens is 1. The minimum absolute atomic E-state index is 0.121. The van der Waals surface area contributed by atoms with Crippen LogP contribution in [0.5, 0.6) is 0 Å². The maximum atomic E-state index is 11.2. The van der Waals surface area contributed by atoms with Gasteiger partial charge in [0.05, 0.1) is 6.61 Å². The van der Waals surface area contributed by atoms with E-state index in [4.69, 9.17) is 15.3 Å². The first kappa shape index (κ1) is 11.5. The van der Waals surface area contributed by atoms with Gasteiger partial charge in [0.1, 0.15) is 16.8 Å². The number of rotatable bonds is 4. The van der Waals surface area contributed by atoms with Crippen molar-refractivity contribution in [1.82, 2.24) is 0 Å². The zero-order valence-corrected chi connectivity index (χ0v) is 9.49. The van der Waals surface area contributed by atoms with Crippen LogP contribution in [0.2, 0.25) is 0 Å². The molecule has 0 bridgehead atoms. The van der Waals surface area contributed by atoms with Crippen LogP contribution in [0, 0.1) is 0 Å². The summed E-state index contributed by atoms with van der Waals surface area (Å²) in [5, 5.41) is 3.70. The molecule has 2 atom stereocenters. The smallest absolute Gasteiger partial charge is 0.323 e. The van der Waals surface area contributed by atoms with Crippen LogP contribution in [0.1, 0.15) is 19.8 Å². The van der Waals surface area contributed by atoms with Crippen LogP contribution in [-0.2, 0) is 14.4 Å². The molecule has 1 heterocycles. The van der Waals surface area contributed by atoms with E-state index in [0.717, 1.165) is 4.62 Å². The van der Waals surface area contributed by atoms with E-state index in [1.807, 2.05) is 0 Å². The first-order valence-corrected chi connectivity index (χ1v) is 5.23. The van der Waals surface area contributed by atoms with Gasteiger partial charge in [-0.1, -0.05) is 5.16 Å². The van der Waals surface area contributed by atoms with Gasteiger partial charge in [-0.2, -0.15) is 0 Å². The summed E-state index contributed by atoms with van der Waals surface area (Å²) < 4.78 is 5.52. The van der Waals surface area contributed by atoms with Crippen molar-refractivity contribution in [3.63, 3.8) is 0 Å². The second-order valence-electron chi connectivity index (χ2n) is 2.99. The molecule has 0 aromatic heterocycles. The van der Waals surface area contributed by atoms with Gasteiger partial charge in [-0.15, -0.1) is 0 Å². The van der Waals surface area contributed by atoms with Crippen LogP contribution in [0.15, 0.2) is 5.16 Å². The molecule has 0 aliphatic carbocycles. The molecule has 0 saturated heterocycles. The average Bonchev–Trinajstić information content (AvgIpc) is 2.51. The summed E-state index contributed by atoms with van der Waals surface area (Å²) in [5.74, 6) is -0.390. The average molecular weight is 265 g/mol. The Hall–Kier alpha value is -0.620. The molecular weight excluding hydrogens is 252 g/mol. The van der Waals surface area contributed by atoms with Crippen LogP contribution >= 0.6 is 15.9 Å². The maximum absolute atomic E-state index is 11.2. The van der Waals surface area contributed by atoms with Gasteiger partial charge in [-0.05, 0) is 22.9 Å². The van der Waals surface area contributed by atoms with Crippen molar-refractivity contribution in [2.75, 3.05) is 6.61 Å². The van der Waals surface area contributed by atoms with Gasteiger partial charge < -0.3 is 15.3 Å². The highest BCUT2D eigenvalue weighted by atomic mass is 79.9. The molecule has 0 aromatic rings. The molecule has 1 rings (SSSR count). The maximum Gasteiger partial charge on any atom is 0.323 e. The molecule has 6 heteroatoms. The van der Waals surface area contributed by atoms with E-state index in [9.17, 15) is 4.79 Å². The number of carbonyl (C=O) groups excluding carboxylic acids is 1. The van der Waals surface area contributed by atoms with E-state index in [1.165, 1.54) is 0 Å². The molecule has 0 saturated carbocycles. The molecule has 0 radical (unpaired) electrons. The second kappa shape index (κ2) is 5.31. The Balaban J connectivity index is 2.27. The third-order valence-electron chi connectivity index (χ3n) is 1.80. The van der Waals surface area contributed by atoms with E-state index in [2.05, 4.69) is 21.1 Å². The molecule has 0 spiro atoms. The zero-order valence-electron chi connectivity index (χ0n) is 7.90. The van der Waals surface area contributed by atoms with Gasteiger partial charge in [0.25, 0.3) is 0 Å². The molecule has 1 aliphatic heterocycles. The molecule has 14 heavy (non-hydrogen) atoms. The molecule has 1 aliphatic rings. The third kappa shape index (κ3) is 3.26. The van der Waals surface area contributed by atoms with Crippen LogP contribution in [-0.4, -0.2) is 29.3 Å². The Bertz CT molecular complexity index is 245. The fourth-order valence-electron chi connectivity index (χ4n) is 1.15. The zero-order chi connectivity index (χ0) is 10.6. The molecule has 0 fully saturated rings. The number of ether oxygens (including phenoxy) is 1. The highest BCUT2D eigenvalue weighted by Crippen LogP contribution is 2.18. The number of nitrogens with zero attached hydrogens (tertiary/aromatic N) is 1. The van der Waals surface area contributed by atoms with Gasteiger partial charge in [0.15, 0.2) is 0 Å². The quantitative estimate of drug-likeness (QED) is 0.762. The predicted molar refractivity (Wildman–Crippen MR) is 55.1 cm³/mol. The number of oxime groups is 1. The van der Waals surface area contributed by atoms with Crippen molar-refractivity contribution in [3.8, 4) is 0 Å². The van der Waals surface area contributed by atoms with Gasteiger partial charge in [-0.25, -0.2) is 0 Å².